The third-order valence-corrected chi connectivity index (χ3v) is 3.77. The highest BCUT2D eigenvalue weighted by molar-refractivity contribution is 5.33. The van der Waals surface area contributed by atoms with Crippen LogP contribution in [0, 0.1) is 5.95 Å². The molecule has 1 saturated heterocycles. The summed E-state index contributed by atoms with van der Waals surface area (Å²) in [7, 11) is 0. The van der Waals surface area contributed by atoms with Crippen LogP contribution >= 0.6 is 0 Å². The Balaban J connectivity index is 2.01. The highest BCUT2D eigenvalue weighted by Crippen LogP contribution is 2.32. The number of halogens is 1. The van der Waals surface area contributed by atoms with Crippen molar-refractivity contribution in [3.8, 4) is 0 Å². The molecule has 1 unspecified atom stereocenters. The second kappa shape index (κ2) is 5.61. The predicted octanol–water partition coefficient (Wildman–Crippen LogP) is 2.77. The Kier molecular flexibility index (Phi) is 4.11. The van der Waals surface area contributed by atoms with Gasteiger partial charge in [0.05, 0.1) is 5.60 Å². The molecule has 1 aliphatic rings. The van der Waals surface area contributed by atoms with Gasteiger partial charge in [0.25, 0.3) is 0 Å². The number of rotatable bonds is 4. The molecule has 0 bridgehead atoms. The Bertz CT molecular complexity index is 396. The van der Waals surface area contributed by atoms with Gasteiger partial charge in [-0.3, -0.25) is 0 Å². The zero-order chi connectivity index (χ0) is 13.0. The van der Waals surface area contributed by atoms with Gasteiger partial charge in [0.1, 0.15) is 12.1 Å². The molecule has 0 aromatic carbocycles. The number of aromatic nitrogens is 2. The topological polar surface area (TPSA) is 47.0 Å². The van der Waals surface area contributed by atoms with E-state index >= 15 is 0 Å². The fourth-order valence-electron chi connectivity index (χ4n) is 2.52. The van der Waals surface area contributed by atoms with E-state index in [-0.39, 0.29) is 11.6 Å². The van der Waals surface area contributed by atoms with Crippen molar-refractivity contribution in [2.75, 3.05) is 11.9 Å². The molecule has 0 saturated carbocycles. The van der Waals surface area contributed by atoms with Crippen molar-refractivity contribution in [1.82, 2.24) is 9.97 Å². The quantitative estimate of drug-likeness (QED) is 0.838. The first-order chi connectivity index (χ1) is 8.67. The van der Waals surface area contributed by atoms with Crippen LogP contribution in [0.25, 0.3) is 0 Å². The van der Waals surface area contributed by atoms with Gasteiger partial charge in [-0.15, -0.1) is 0 Å². The van der Waals surface area contributed by atoms with E-state index < -0.39 is 5.95 Å². The number of nitrogens with zero attached hydrogens (tertiary/aromatic N) is 2. The fraction of sp³-hybridized carbons (Fsp3) is 0.692. The smallest absolute Gasteiger partial charge is 0.217 e. The molecule has 2 rings (SSSR count). The zero-order valence-electron chi connectivity index (χ0n) is 10.9. The summed E-state index contributed by atoms with van der Waals surface area (Å²) in [6.45, 7) is 5.04. The van der Waals surface area contributed by atoms with E-state index in [1.54, 1.807) is 0 Å². The number of hydrogen-bond donors (Lipinski definition) is 1. The lowest BCUT2D eigenvalue weighted by molar-refractivity contribution is -0.0864. The summed E-state index contributed by atoms with van der Waals surface area (Å²) in [5.41, 5.74) is -0.0402. The van der Waals surface area contributed by atoms with Crippen LogP contribution in [-0.2, 0) is 4.74 Å². The summed E-state index contributed by atoms with van der Waals surface area (Å²) < 4.78 is 18.9. The van der Waals surface area contributed by atoms with Crippen molar-refractivity contribution < 1.29 is 9.13 Å². The van der Waals surface area contributed by atoms with Gasteiger partial charge >= 0.3 is 0 Å². The summed E-state index contributed by atoms with van der Waals surface area (Å²) in [4.78, 5) is 7.48. The molecule has 1 aromatic heterocycles. The molecule has 1 atom stereocenters. The summed E-state index contributed by atoms with van der Waals surface area (Å²) in [6, 6.07) is 1.61. The fourth-order valence-corrected chi connectivity index (χ4v) is 2.52. The molecular weight excluding hydrogens is 233 g/mol. The van der Waals surface area contributed by atoms with Gasteiger partial charge in [0.15, 0.2) is 0 Å². The lowest BCUT2D eigenvalue weighted by Gasteiger charge is -2.40. The normalized spacial score (nSPS) is 22.7. The standard InChI is InChI=1S/C13H20FN3O/c1-3-13(4-2)8-10(5-6-18-13)17-12-7-11(14)15-9-16-12/h7,9-10H,3-6,8H2,1-2H3,(H,15,16,17). The van der Waals surface area contributed by atoms with Gasteiger partial charge in [-0.05, 0) is 25.7 Å². The Morgan fingerprint density at radius 3 is 2.89 bits per heavy atom. The maximum Gasteiger partial charge on any atom is 0.217 e. The molecule has 0 amide bonds. The molecule has 1 fully saturated rings. The minimum Gasteiger partial charge on any atom is -0.375 e. The lowest BCUT2D eigenvalue weighted by atomic mass is 9.86. The van der Waals surface area contributed by atoms with E-state index in [0.717, 1.165) is 32.3 Å². The molecule has 18 heavy (non-hydrogen) atoms. The van der Waals surface area contributed by atoms with Crippen LogP contribution < -0.4 is 5.32 Å². The van der Waals surface area contributed by atoms with Gasteiger partial charge in [-0.25, -0.2) is 9.97 Å². The molecule has 0 radical (unpaired) electrons. The van der Waals surface area contributed by atoms with E-state index in [9.17, 15) is 4.39 Å². The highest BCUT2D eigenvalue weighted by Gasteiger charge is 2.34. The average molecular weight is 253 g/mol. The third-order valence-electron chi connectivity index (χ3n) is 3.77. The van der Waals surface area contributed by atoms with Crippen molar-refractivity contribution >= 4 is 5.82 Å². The van der Waals surface area contributed by atoms with Crippen LogP contribution in [0.3, 0.4) is 0 Å². The largest absolute Gasteiger partial charge is 0.375 e. The number of anilines is 1. The van der Waals surface area contributed by atoms with Crippen LogP contribution in [0.15, 0.2) is 12.4 Å². The monoisotopic (exact) mass is 253 g/mol. The van der Waals surface area contributed by atoms with Gasteiger partial charge in [-0.2, -0.15) is 4.39 Å². The molecule has 5 heteroatoms. The average Bonchev–Trinajstić information content (AvgIpc) is 2.39. The molecular formula is C13H20FN3O. The van der Waals surface area contributed by atoms with Gasteiger partial charge < -0.3 is 10.1 Å². The van der Waals surface area contributed by atoms with Gasteiger partial charge in [0, 0.05) is 18.7 Å². The van der Waals surface area contributed by atoms with E-state index in [0.29, 0.717) is 5.82 Å². The van der Waals surface area contributed by atoms with E-state index in [2.05, 4.69) is 29.1 Å². The summed E-state index contributed by atoms with van der Waals surface area (Å²) in [6.07, 6.45) is 5.10. The van der Waals surface area contributed by atoms with Crippen molar-refractivity contribution in [1.29, 1.82) is 0 Å². The third kappa shape index (κ3) is 2.96. The Hall–Kier alpha value is -1.23. The molecule has 2 heterocycles. The second-order valence-corrected chi connectivity index (χ2v) is 4.80. The summed E-state index contributed by atoms with van der Waals surface area (Å²) >= 11 is 0. The first-order valence-electron chi connectivity index (χ1n) is 6.55. The minimum absolute atomic E-state index is 0.0402. The van der Waals surface area contributed by atoms with E-state index in [1.165, 1.54) is 12.4 Å². The van der Waals surface area contributed by atoms with E-state index in [4.69, 9.17) is 4.74 Å². The molecule has 1 aromatic rings. The van der Waals surface area contributed by atoms with E-state index in [1.807, 2.05) is 0 Å². The Labute approximate surface area is 107 Å². The minimum atomic E-state index is -0.503. The molecule has 0 spiro atoms. The van der Waals surface area contributed by atoms with Gasteiger partial charge in [-0.1, -0.05) is 13.8 Å². The van der Waals surface area contributed by atoms with Crippen molar-refractivity contribution in [3.05, 3.63) is 18.3 Å². The van der Waals surface area contributed by atoms with Crippen LogP contribution in [-0.4, -0.2) is 28.2 Å². The summed E-state index contributed by atoms with van der Waals surface area (Å²) in [5, 5.41) is 3.27. The van der Waals surface area contributed by atoms with Crippen LogP contribution in [0.5, 0.6) is 0 Å². The number of hydrogen-bond acceptors (Lipinski definition) is 4. The number of nitrogens with one attached hydrogen (secondary N) is 1. The van der Waals surface area contributed by atoms with Crippen molar-refractivity contribution in [2.45, 2.75) is 51.2 Å². The predicted molar refractivity (Wildman–Crippen MR) is 67.9 cm³/mol. The molecule has 1 N–H and O–H groups in total. The Morgan fingerprint density at radius 1 is 1.44 bits per heavy atom. The lowest BCUT2D eigenvalue weighted by Crippen LogP contribution is -2.43. The Morgan fingerprint density at radius 2 is 2.22 bits per heavy atom. The molecule has 100 valence electrons. The molecule has 1 aliphatic heterocycles. The molecule has 4 nitrogen and oxygen atoms in total. The SMILES string of the molecule is CCC1(CC)CC(Nc2cc(F)ncn2)CCO1. The van der Waals surface area contributed by atoms with Crippen LogP contribution in [0.4, 0.5) is 10.2 Å². The van der Waals surface area contributed by atoms with Gasteiger partial charge in [0.2, 0.25) is 5.95 Å². The van der Waals surface area contributed by atoms with Crippen LogP contribution in [0.2, 0.25) is 0 Å². The second-order valence-electron chi connectivity index (χ2n) is 4.80. The van der Waals surface area contributed by atoms with Crippen LogP contribution in [0.1, 0.15) is 39.5 Å². The molecule has 0 aliphatic carbocycles. The zero-order valence-corrected chi connectivity index (χ0v) is 10.9. The first-order valence-corrected chi connectivity index (χ1v) is 6.55. The number of ether oxygens (including phenoxy) is 1. The maximum atomic E-state index is 13.0. The first kappa shape index (κ1) is 13.2. The summed E-state index contributed by atoms with van der Waals surface area (Å²) in [5.74, 6) is 0.0484. The van der Waals surface area contributed by atoms with Crippen molar-refractivity contribution in [2.24, 2.45) is 0 Å². The maximum absolute atomic E-state index is 13.0. The van der Waals surface area contributed by atoms with Crippen molar-refractivity contribution in [3.63, 3.8) is 0 Å². The highest BCUT2D eigenvalue weighted by atomic mass is 19.1.